The van der Waals surface area contributed by atoms with Gasteiger partial charge in [-0.05, 0) is 49.7 Å². The summed E-state index contributed by atoms with van der Waals surface area (Å²) in [5.41, 5.74) is 1.65. The van der Waals surface area contributed by atoms with E-state index in [2.05, 4.69) is 5.32 Å². The highest BCUT2D eigenvalue weighted by Gasteiger charge is 2.31. The van der Waals surface area contributed by atoms with Gasteiger partial charge in [0.1, 0.15) is 0 Å². The number of sulfonamides is 1. The number of esters is 1. The van der Waals surface area contributed by atoms with Crippen molar-refractivity contribution in [3.8, 4) is 0 Å². The lowest BCUT2D eigenvalue weighted by molar-refractivity contribution is -0.125. The zero-order valence-electron chi connectivity index (χ0n) is 15.9. The number of ether oxygens (including phenoxy) is 1. The maximum Gasteiger partial charge on any atom is 0.339 e. The normalized spacial score (nSPS) is 16.6. The number of carbonyl (C=O) groups is 2. The molecule has 0 spiro atoms. The molecule has 28 heavy (non-hydrogen) atoms. The molecule has 0 saturated carbocycles. The second-order valence-electron chi connectivity index (χ2n) is 6.88. The summed E-state index contributed by atoms with van der Waals surface area (Å²) in [7, 11) is -2.07. The molecule has 2 aromatic rings. The van der Waals surface area contributed by atoms with Crippen molar-refractivity contribution in [2.75, 3.05) is 12.4 Å². The summed E-state index contributed by atoms with van der Waals surface area (Å²) in [6, 6.07) is 12.7. The van der Waals surface area contributed by atoms with E-state index in [4.69, 9.17) is 4.74 Å². The molecule has 148 valence electrons. The minimum absolute atomic E-state index is 0.139. The van der Waals surface area contributed by atoms with Gasteiger partial charge in [-0.25, -0.2) is 13.2 Å². The molecule has 8 heteroatoms. The number of fused-ring (bicyclic) bond motifs is 1. The van der Waals surface area contributed by atoms with Crippen LogP contribution in [0.25, 0.3) is 0 Å². The number of benzene rings is 2. The molecule has 0 bridgehead atoms. The first-order chi connectivity index (χ1) is 13.2. The molecule has 1 atom stereocenters. The van der Waals surface area contributed by atoms with Gasteiger partial charge in [-0.3, -0.25) is 4.79 Å². The van der Waals surface area contributed by atoms with Crippen LogP contribution in [0.15, 0.2) is 53.4 Å². The van der Waals surface area contributed by atoms with Gasteiger partial charge in [0, 0.05) is 25.2 Å². The Morgan fingerprint density at radius 2 is 1.79 bits per heavy atom. The number of nitrogens with zero attached hydrogens (tertiary/aromatic N) is 1. The minimum atomic E-state index is -3.59. The number of hydrogen-bond acceptors (Lipinski definition) is 5. The Hall–Kier alpha value is -2.71. The van der Waals surface area contributed by atoms with Crippen molar-refractivity contribution in [1.29, 1.82) is 0 Å². The van der Waals surface area contributed by atoms with Crippen LogP contribution in [0.1, 0.15) is 29.8 Å². The molecule has 2 aromatic carbocycles. The summed E-state index contributed by atoms with van der Waals surface area (Å²) in [5.74, 6) is -0.988. The number of anilines is 1. The topological polar surface area (TPSA) is 92.8 Å². The van der Waals surface area contributed by atoms with E-state index >= 15 is 0 Å². The van der Waals surface area contributed by atoms with Crippen LogP contribution in [0.2, 0.25) is 0 Å². The van der Waals surface area contributed by atoms with E-state index < -0.39 is 28.0 Å². The van der Waals surface area contributed by atoms with Crippen molar-refractivity contribution >= 4 is 27.6 Å². The first kappa shape index (κ1) is 20.0. The Bertz CT molecular complexity index is 1000. The lowest BCUT2D eigenvalue weighted by Gasteiger charge is -2.24. The molecule has 7 nitrogen and oxygen atoms in total. The van der Waals surface area contributed by atoms with E-state index in [-0.39, 0.29) is 10.9 Å². The quantitative estimate of drug-likeness (QED) is 0.776. The predicted octanol–water partition coefficient (Wildman–Crippen LogP) is 2.44. The zero-order valence-corrected chi connectivity index (χ0v) is 16.7. The van der Waals surface area contributed by atoms with Crippen LogP contribution >= 0.6 is 0 Å². The zero-order chi connectivity index (χ0) is 20.5. The summed E-state index contributed by atoms with van der Waals surface area (Å²) < 4.78 is 31.5. The Morgan fingerprint density at radius 3 is 2.43 bits per heavy atom. The smallest absolute Gasteiger partial charge is 0.339 e. The molecule has 0 unspecified atom stereocenters. The number of hydrogen-bond donors (Lipinski definition) is 1. The Balaban J connectivity index is 1.71. The first-order valence-electron chi connectivity index (χ1n) is 8.88. The van der Waals surface area contributed by atoms with Gasteiger partial charge >= 0.3 is 5.97 Å². The standard InChI is InChI=1S/C20H22N2O5S/c1-13(2)22(3)28(25,26)16-10-8-15(9-11-16)21-19(23)18-12-14-6-4-5-7-17(14)20(24)27-18/h4-11,13,18H,12H2,1-3H3,(H,21,23)/t18-/m1/s1. The number of nitrogens with one attached hydrogen (secondary N) is 1. The van der Waals surface area contributed by atoms with E-state index in [0.717, 1.165) is 5.56 Å². The number of amides is 1. The van der Waals surface area contributed by atoms with Crippen molar-refractivity contribution in [2.45, 2.75) is 37.3 Å². The molecule has 0 aromatic heterocycles. The van der Waals surface area contributed by atoms with Crippen LogP contribution in [0, 0.1) is 0 Å². The van der Waals surface area contributed by atoms with Crippen LogP contribution in [0.5, 0.6) is 0 Å². The Kier molecular flexibility index (Phi) is 5.53. The van der Waals surface area contributed by atoms with E-state index in [1.807, 2.05) is 0 Å². The third kappa shape index (κ3) is 3.93. The summed E-state index contributed by atoms with van der Waals surface area (Å²) in [4.78, 5) is 24.7. The van der Waals surface area contributed by atoms with Gasteiger partial charge in [-0.2, -0.15) is 4.31 Å². The second-order valence-corrected chi connectivity index (χ2v) is 8.88. The van der Waals surface area contributed by atoms with Crippen molar-refractivity contribution in [3.63, 3.8) is 0 Å². The van der Waals surface area contributed by atoms with E-state index in [1.165, 1.54) is 35.6 Å². The molecular weight excluding hydrogens is 380 g/mol. The van der Waals surface area contributed by atoms with Crippen LogP contribution in [-0.4, -0.2) is 43.8 Å². The molecule has 0 saturated heterocycles. The Morgan fingerprint density at radius 1 is 1.14 bits per heavy atom. The molecule has 1 N–H and O–H groups in total. The highest BCUT2D eigenvalue weighted by atomic mass is 32.2. The molecule has 0 fully saturated rings. The SMILES string of the molecule is CC(C)N(C)S(=O)(=O)c1ccc(NC(=O)[C@H]2Cc3ccccc3C(=O)O2)cc1. The summed E-state index contributed by atoms with van der Waals surface area (Å²) in [6.45, 7) is 3.57. The lowest BCUT2D eigenvalue weighted by Crippen LogP contribution is -2.38. The van der Waals surface area contributed by atoms with Gasteiger partial charge in [-0.1, -0.05) is 18.2 Å². The highest BCUT2D eigenvalue weighted by molar-refractivity contribution is 7.89. The summed E-state index contributed by atoms with van der Waals surface area (Å²) >= 11 is 0. The van der Waals surface area contributed by atoms with Crippen LogP contribution in [0.3, 0.4) is 0 Å². The fourth-order valence-corrected chi connectivity index (χ4v) is 4.22. The first-order valence-corrected chi connectivity index (χ1v) is 10.3. The lowest BCUT2D eigenvalue weighted by atomic mass is 9.98. The third-order valence-electron chi connectivity index (χ3n) is 4.71. The molecule has 1 amide bonds. The van der Waals surface area contributed by atoms with Gasteiger partial charge in [-0.15, -0.1) is 0 Å². The van der Waals surface area contributed by atoms with Gasteiger partial charge < -0.3 is 10.1 Å². The van der Waals surface area contributed by atoms with Gasteiger partial charge in [0.15, 0.2) is 6.10 Å². The van der Waals surface area contributed by atoms with E-state index in [1.54, 1.807) is 38.1 Å². The van der Waals surface area contributed by atoms with Crippen LogP contribution in [0.4, 0.5) is 5.69 Å². The third-order valence-corrected chi connectivity index (χ3v) is 6.76. The maximum atomic E-state index is 12.5. The van der Waals surface area contributed by atoms with Crippen molar-refractivity contribution in [1.82, 2.24) is 4.31 Å². The van der Waals surface area contributed by atoms with Crippen LogP contribution in [-0.2, 0) is 26.0 Å². The number of rotatable bonds is 5. The average molecular weight is 402 g/mol. The fourth-order valence-electron chi connectivity index (χ4n) is 2.85. The monoisotopic (exact) mass is 402 g/mol. The van der Waals surface area contributed by atoms with Gasteiger partial charge in [0.05, 0.1) is 10.5 Å². The van der Waals surface area contributed by atoms with E-state index in [9.17, 15) is 18.0 Å². The average Bonchev–Trinajstić information content (AvgIpc) is 2.67. The van der Waals surface area contributed by atoms with Crippen molar-refractivity contribution < 1.29 is 22.7 Å². The largest absolute Gasteiger partial charge is 0.448 e. The van der Waals surface area contributed by atoms with E-state index in [0.29, 0.717) is 17.7 Å². The Labute approximate surface area is 164 Å². The minimum Gasteiger partial charge on any atom is -0.448 e. The molecule has 1 aliphatic heterocycles. The van der Waals surface area contributed by atoms with Gasteiger partial charge in [0.2, 0.25) is 10.0 Å². The molecule has 1 heterocycles. The van der Waals surface area contributed by atoms with Gasteiger partial charge in [0.25, 0.3) is 5.91 Å². The predicted molar refractivity (Wildman–Crippen MR) is 105 cm³/mol. The number of cyclic esters (lactones) is 1. The number of carbonyl (C=O) groups excluding carboxylic acids is 2. The highest BCUT2D eigenvalue weighted by Crippen LogP contribution is 2.23. The summed E-state index contributed by atoms with van der Waals surface area (Å²) in [6.07, 6.45) is -0.641. The molecular formula is C20H22N2O5S. The maximum absolute atomic E-state index is 12.5. The van der Waals surface area contributed by atoms with Crippen LogP contribution < -0.4 is 5.32 Å². The molecule has 0 aliphatic carbocycles. The second kappa shape index (κ2) is 7.73. The molecule has 0 radical (unpaired) electrons. The molecule has 1 aliphatic rings. The fraction of sp³-hybridized carbons (Fsp3) is 0.300. The molecule has 3 rings (SSSR count). The van der Waals surface area contributed by atoms with Crippen molar-refractivity contribution in [3.05, 3.63) is 59.7 Å². The summed E-state index contributed by atoms with van der Waals surface area (Å²) in [5, 5.41) is 2.67. The van der Waals surface area contributed by atoms with Crippen molar-refractivity contribution in [2.24, 2.45) is 0 Å².